The summed E-state index contributed by atoms with van der Waals surface area (Å²) in [5.74, 6) is 0.329. The van der Waals surface area contributed by atoms with Crippen LogP contribution in [-0.4, -0.2) is 16.8 Å². The van der Waals surface area contributed by atoms with E-state index < -0.39 is 6.23 Å². The van der Waals surface area contributed by atoms with Gasteiger partial charge in [0.2, 0.25) is 18.0 Å². The van der Waals surface area contributed by atoms with E-state index in [0.717, 1.165) is 20.3 Å². The maximum atomic E-state index is 11.9. The smallest absolute Gasteiger partial charge is 0.243 e. The second-order valence-corrected chi connectivity index (χ2v) is 6.35. The van der Waals surface area contributed by atoms with Crippen LogP contribution in [-0.2, 0) is 9.53 Å². The Morgan fingerprint density at radius 3 is 2.68 bits per heavy atom. The minimum atomic E-state index is -0.508. The molecule has 1 aliphatic rings. The van der Waals surface area contributed by atoms with Gasteiger partial charge in [-0.05, 0) is 53.3 Å². The van der Waals surface area contributed by atoms with Crippen LogP contribution in [0, 0.1) is 10.5 Å². The van der Waals surface area contributed by atoms with Gasteiger partial charge in [0.25, 0.3) is 0 Å². The Morgan fingerprint density at radius 2 is 2.00 bits per heavy atom. The first-order chi connectivity index (χ1) is 10.6. The Labute approximate surface area is 142 Å². The minimum absolute atomic E-state index is 0.145. The number of nitrogens with zero attached hydrogens (tertiary/aromatic N) is 2. The molecule has 3 rings (SSSR count). The normalized spacial score (nSPS) is 17.1. The van der Waals surface area contributed by atoms with Crippen molar-refractivity contribution in [2.24, 2.45) is 5.10 Å². The molecule has 2 aromatic carbocycles. The van der Waals surface area contributed by atoms with E-state index >= 15 is 0 Å². The van der Waals surface area contributed by atoms with Crippen molar-refractivity contribution in [1.82, 2.24) is 5.01 Å². The van der Waals surface area contributed by atoms with E-state index in [0.29, 0.717) is 5.90 Å². The van der Waals surface area contributed by atoms with Crippen molar-refractivity contribution in [3.63, 3.8) is 0 Å². The molecule has 0 aromatic heterocycles. The lowest BCUT2D eigenvalue weighted by Gasteiger charge is -2.20. The summed E-state index contributed by atoms with van der Waals surface area (Å²) < 4.78 is 7.09. The molecule has 5 heteroatoms. The number of hydrogen-bond donors (Lipinski definition) is 0. The van der Waals surface area contributed by atoms with Gasteiger partial charge in [-0.2, -0.15) is 5.01 Å². The molecular formula is C17H15IN2O2. The molecule has 0 bridgehead atoms. The first-order valence-corrected chi connectivity index (χ1v) is 8.00. The molecule has 0 saturated carbocycles. The Kier molecular flexibility index (Phi) is 4.15. The first-order valence-electron chi connectivity index (χ1n) is 6.93. The number of amides is 1. The number of ether oxygens (including phenoxy) is 1. The van der Waals surface area contributed by atoms with Crippen LogP contribution in [0.25, 0.3) is 0 Å². The summed E-state index contributed by atoms with van der Waals surface area (Å²) in [7, 11) is 0. The fourth-order valence-electron chi connectivity index (χ4n) is 2.37. The van der Waals surface area contributed by atoms with E-state index in [1.165, 1.54) is 11.9 Å². The van der Waals surface area contributed by atoms with Crippen molar-refractivity contribution in [2.45, 2.75) is 20.1 Å². The maximum absolute atomic E-state index is 11.9. The monoisotopic (exact) mass is 406 g/mol. The topological polar surface area (TPSA) is 41.9 Å². The van der Waals surface area contributed by atoms with E-state index in [4.69, 9.17) is 4.74 Å². The van der Waals surface area contributed by atoms with Crippen LogP contribution in [0.1, 0.15) is 29.8 Å². The third-order valence-corrected chi connectivity index (χ3v) is 4.16. The van der Waals surface area contributed by atoms with Crippen LogP contribution in [0.2, 0.25) is 0 Å². The molecule has 0 fully saturated rings. The van der Waals surface area contributed by atoms with Gasteiger partial charge in [-0.25, -0.2) is 0 Å². The van der Waals surface area contributed by atoms with Crippen LogP contribution in [0.5, 0.6) is 0 Å². The molecule has 112 valence electrons. The number of benzene rings is 2. The summed E-state index contributed by atoms with van der Waals surface area (Å²) in [6, 6.07) is 15.7. The lowest BCUT2D eigenvalue weighted by atomic mass is 10.1. The van der Waals surface area contributed by atoms with Crippen molar-refractivity contribution in [3.8, 4) is 0 Å². The van der Waals surface area contributed by atoms with Crippen molar-refractivity contribution in [2.75, 3.05) is 0 Å². The Bertz CT molecular complexity index is 758. The summed E-state index contributed by atoms with van der Waals surface area (Å²) in [5.41, 5.74) is 2.88. The van der Waals surface area contributed by atoms with Crippen molar-refractivity contribution in [1.29, 1.82) is 0 Å². The third kappa shape index (κ3) is 2.85. The summed E-state index contributed by atoms with van der Waals surface area (Å²) in [6.07, 6.45) is -0.508. The highest BCUT2D eigenvalue weighted by molar-refractivity contribution is 14.1. The first kappa shape index (κ1) is 15.0. The van der Waals surface area contributed by atoms with Gasteiger partial charge in [0.05, 0.1) is 0 Å². The lowest BCUT2D eigenvalue weighted by Crippen LogP contribution is -2.25. The summed E-state index contributed by atoms with van der Waals surface area (Å²) >= 11 is 2.24. The average molecular weight is 406 g/mol. The van der Waals surface area contributed by atoms with Crippen molar-refractivity contribution < 1.29 is 9.53 Å². The predicted molar refractivity (Wildman–Crippen MR) is 93.2 cm³/mol. The number of carbonyl (C=O) groups excluding carboxylic acids is 1. The zero-order valence-corrected chi connectivity index (χ0v) is 14.4. The van der Waals surface area contributed by atoms with Gasteiger partial charge in [-0.15, -0.1) is 5.10 Å². The maximum Gasteiger partial charge on any atom is 0.243 e. The van der Waals surface area contributed by atoms with Crippen molar-refractivity contribution in [3.05, 3.63) is 68.8 Å². The molecule has 1 heterocycles. The second kappa shape index (κ2) is 6.08. The highest BCUT2D eigenvalue weighted by atomic mass is 127. The molecule has 0 aliphatic carbocycles. The van der Waals surface area contributed by atoms with Crippen LogP contribution < -0.4 is 0 Å². The van der Waals surface area contributed by atoms with Crippen molar-refractivity contribution >= 4 is 34.4 Å². The quantitative estimate of drug-likeness (QED) is 0.712. The number of aryl methyl sites for hydroxylation is 1. The Morgan fingerprint density at radius 1 is 1.23 bits per heavy atom. The molecule has 0 spiro atoms. The molecule has 0 N–H and O–H groups in total. The van der Waals surface area contributed by atoms with E-state index in [2.05, 4.69) is 27.7 Å². The third-order valence-electron chi connectivity index (χ3n) is 3.49. The molecule has 0 radical (unpaired) electrons. The zero-order chi connectivity index (χ0) is 15.7. The van der Waals surface area contributed by atoms with Gasteiger partial charge < -0.3 is 4.74 Å². The molecule has 0 unspecified atom stereocenters. The van der Waals surface area contributed by atoms with Gasteiger partial charge in [0.1, 0.15) is 0 Å². The molecule has 1 amide bonds. The minimum Gasteiger partial charge on any atom is -0.446 e. The van der Waals surface area contributed by atoms with E-state index in [-0.39, 0.29) is 5.91 Å². The van der Waals surface area contributed by atoms with Crippen LogP contribution >= 0.6 is 22.6 Å². The number of hydrogen-bond acceptors (Lipinski definition) is 3. The lowest BCUT2D eigenvalue weighted by molar-refractivity contribution is -0.135. The average Bonchev–Trinajstić information content (AvgIpc) is 2.93. The number of hydrazone groups is 1. The number of rotatable bonds is 2. The van der Waals surface area contributed by atoms with Gasteiger partial charge in [0, 0.05) is 21.6 Å². The molecule has 1 aliphatic heterocycles. The van der Waals surface area contributed by atoms with Crippen LogP contribution in [0.3, 0.4) is 0 Å². The molecule has 1 atom stereocenters. The van der Waals surface area contributed by atoms with Gasteiger partial charge in [-0.3, -0.25) is 4.79 Å². The van der Waals surface area contributed by atoms with E-state index in [1.54, 1.807) is 0 Å². The summed E-state index contributed by atoms with van der Waals surface area (Å²) in [6.45, 7) is 3.50. The highest BCUT2D eigenvalue weighted by Gasteiger charge is 2.33. The molecular weight excluding hydrogens is 391 g/mol. The highest BCUT2D eigenvalue weighted by Crippen LogP contribution is 2.32. The van der Waals surface area contributed by atoms with Crippen LogP contribution in [0.15, 0.2) is 53.6 Å². The van der Waals surface area contributed by atoms with E-state index in [1.807, 2.05) is 55.5 Å². The van der Waals surface area contributed by atoms with Gasteiger partial charge in [-0.1, -0.05) is 30.3 Å². The van der Waals surface area contributed by atoms with Crippen LogP contribution in [0.4, 0.5) is 0 Å². The molecule has 2 aromatic rings. The Balaban J connectivity index is 1.99. The summed E-state index contributed by atoms with van der Waals surface area (Å²) in [4.78, 5) is 11.9. The molecule has 4 nitrogen and oxygen atoms in total. The molecule has 22 heavy (non-hydrogen) atoms. The standard InChI is InChI=1S/C17H15IN2O2/c1-11-6-3-4-9-15(11)17-20(12(2)21)19-16(22-17)13-7-5-8-14(18)10-13/h3-10,17H,1-2H3/t17-/m0/s1. The number of halogens is 1. The fraction of sp³-hybridized carbons (Fsp3) is 0.176. The van der Waals surface area contributed by atoms with E-state index in [9.17, 15) is 4.79 Å². The number of carbonyl (C=O) groups is 1. The Hall–Kier alpha value is -1.89. The second-order valence-electron chi connectivity index (χ2n) is 5.11. The SMILES string of the molecule is CC(=O)N1N=C(c2cccc(I)c2)O[C@H]1c1ccccc1C. The fourth-order valence-corrected chi connectivity index (χ4v) is 2.91. The predicted octanol–water partition coefficient (Wildman–Crippen LogP) is 3.84. The van der Waals surface area contributed by atoms with Gasteiger partial charge in [0.15, 0.2) is 0 Å². The zero-order valence-electron chi connectivity index (χ0n) is 12.3. The summed E-state index contributed by atoms with van der Waals surface area (Å²) in [5, 5.41) is 5.77. The largest absolute Gasteiger partial charge is 0.446 e. The van der Waals surface area contributed by atoms with Gasteiger partial charge >= 0.3 is 0 Å². The molecule has 0 saturated heterocycles.